The normalized spacial score (nSPS) is 10.9. The Balaban J connectivity index is 1.61. The summed E-state index contributed by atoms with van der Waals surface area (Å²) in [7, 11) is 0. The van der Waals surface area contributed by atoms with Crippen molar-refractivity contribution in [1.29, 1.82) is 0 Å². The quantitative estimate of drug-likeness (QED) is 0.398. The highest BCUT2D eigenvalue weighted by Crippen LogP contribution is 2.21. The summed E-state index contributed by atoms with van der Waals surface area (Å²) in [5.41, 5.74) is 6.71. The molecule has 0 saturated heterocycles. The predicted molar refractivity (Wildman–Crippen MR) is 110 cm³/mol. The molecule has 0 aliphatic heterocycles. The summed E-state index contributed by atoms with van der Waals surface area (Å²) >= 11 is 12.3. The van der Waals surface area contributed by atoms with Crippen molar-refractivity contribution in [3.8, 4) is 5.75 Å². The fourth-order valence-electron chi connectivity index (χ4n) is 2.30. The fraction of sp³-hybridized carbons (Fsp3) is 0.0952. The molecule has 0 aliphatic rings. The molecule has 1 N–H and O–H groups in total. The van der Waals surface area contributed by atoms with E-state index in [2.05, 4.69) is 10.5 Å². The van der Waals surface area contributed by atoms with E-state index in [0.717, 1.165) is 28.1 Å². The summed E-state index contributed by atoms with van der Waals surface area (Å²) in [6, 6.07) is 21.1. The van der Waals surface area contributed by atoms with Gasteiger partial charge in [0, 0.05) is 15.6 Å². The molecular weight excluding hydrogens is 367 g/mol. The lowest BCUT2D eigenvalue weighted by atomic mass is 10.2. The van der Waals surface area contributed by atoms with Gasteiger partial charge in [-0.15, -0.1) is 0 Å². The van der Waals surface area contributed by atoms with Crippen molar-refractivity contribution < 1.29 is 4.74 Å². The molecule has 3 aromatic rings. The molecule has 132 valence electrons. The Morgan fingerprint density at radius 2 is 1.81 bits per heavy atom. The highest BCUT2D eigenvalue weighted by Gasteiger charge is 2.01. The first-order valence-corrected chi connectivity index (χ1v) is 8.89. The van der Waals surface area contributed by atoms with Gasteiger partial charge in [0.1, 0.15) is 12.4 Å². The molecule has 0 saturated carbocycles. The Kier molecular flexibility index (Phi) is 6.16. The Labute approximate surface area is 163 Å². The van der Waals surface area contributed by atoms with Gasteiger partial charge < -0.3 is 4.74 Å². The van der Waals surface area contributed by atoms with Gasteiger partial charge in [0.05, 0.1) is 11.9 Å². The molecule has 3 aromatic carbocycles. The monoisotopic (exact) mass is 384 g/mol. The van der Waals surface area contributed by atoms with Crippen LogP contribution in [0.1, 0.15) is 16.7 Å². The third kappa shape index (κ3) is 5.01. The zero-order chi connectivity index (χ0) is 18.4. The molecule has 0 fully saturated rings. The molecule has 0 radical (unpaired) electrons. The van der Waals surface area contributed by atoms with Gasteiger partial charge in [-0.3, -0.25) is 5.43 Å². The summed E-state index contributed by atoms with van der Waals surface area (Å²) in [6.07, 6.45) is 1.73. The molecule has 3 nitrogen and oxygen atoms in total. The molecule has 0 bridgehead atoms. The molecule has 3 rings (SSSR count). The van der Waals surface area contributed by atoms with Crippen LogP contribution in [-0.2, 0) is 6.61 Å². The highest BCUT2D eigenvalue weighted by atomic mass is 35.5. The van der Waals surface area contributed by atoms with E-state index in [1.807, 2.05) is 73.7 Å². The van der Waals surface area contributed by atoms with Crippen molar-refractivity contribution in [2.45, 2.75) is 13.5 Å². The molecule has 0 aromatic heterocycles. The number of benzene rings is 3. The maximum atomic E-state index is 6.15. The molecule has 0 spiro atoms. The number of halogens is 2. The Hall–Kier alpha value is -2.49. The molecule has 0 amide bonds. The maximum absolute atomic E-state index is 6.15. The number of anilines is 1. The SMILES string of the molecule is Cc1ccc(NN=Cc2cccc(OCc3ccccc3Cl)c2)cc1Cl. The summed E-state index contributed by atoms with van der Waals surface area (Å²) in [6.45, 7) is 2.38. The van der Waals surface area contributed by atoms with Crippen molar-refractivity contribution in [3.05, 3.63) is 93.5 Å². The van der Waals surface area contributed by atoms with Gasteiger partial charge in [-0.05, 0) is 48.4 Å². The second-order valence-corrected chi connectivity index (χ2v) is 6.60. The Morgan fingerprint density at radius 3 is 2.62 bits per heavy atom. The average Bonchev–Trinajstić information content (AvgIpc) is 2.64. The number of ether oxygens (including phenoxy) is 1. The van der Waals surface area contributed by atoms with E-state index in [-0.39, 0.29) is 0 Å². The van der Waals surface area contributed by atoms with Gasteiger partial charge in [0.15, 0.2) is 0 Å². The van der Waals surface area contributed by atoms with Gasteiger partial charge in [-0.1, -0.05) is 59.6 Å². The zero-order valence-corrected chi connectivity index (χ0v) is 15.8. The van der Waals surface area contributed by atoms with Crippen molar-refractivity contribution in [1.82, 2.24) is 0 Å². The van der Waals surface area contributed by atoms with Gasteiger partial charge in [-0.2, -0.15) is 5.10 Å². The molecular formula is C21H18Cl2N2O. The van der Waals surface area contributed by atoms with Crippen molar-refractivity contribution in [2.24, 2.45) is 5.10 Å². The van der Waals surface area contributed by atoms with Gasteiger partial charge in [0.25, 0.3) is 0 Å². The topological polar surface area (TPSA) is 33.6 Å². The van der Waals surface area contributed by atoms with Gasteiger partial charge in [0.2, 0.25) is 0 Å². The number of hydrogen-bond donors (Lipinski definition) is 1. The first-order chi connectivity index (χ1) is 12.6. The van der Waals surface area contributed by atoms with E-state index < -0.39 is 0 Å². The largest absolute Gasteiger partial charge is 0.489 e. The van der Waals surface area contributed by atoms with Crippen molar-refractivity contribution in [3.63, 3.8) is 0 Å². The molecule has 0 heterocycles. The summed E-state index contributed by atoms with van der Waals surface area (Å²) in [5, 5.41) is 5.65. The van der Waals surface area contributed by atoms with Crippen LogP contribution in [0.4, 0.5) is 5.69 Å². The van der Waals surface area contributed by atoms with Crippen LogP contribution in [0.25, 0.3) is 0 Å². The second-order valence-electron chi connectivity index (χ2n) is 5.79. The molecule has 0 unspecified atom stereocenters. The van der Waals surface area contributed by atoms with Crippen molar-refractivity contribution >= 4 is 35.1 Å². The van der Waals surface area contributed by atoms with Gasteiger partial charge in [-0.25, -0.2) is 0 Å². The fourth-order valence-corrected chi connectivity index (χ4v) is 2.68. The first-order valence-electron chi connectivity index (χ1n) is 8.13. The van der Waals surface area contributed by atoms with E-state index >= 15 is 0 Å². The standard InChI is InChI=1S/C21H18Cl2N2O/c1-15-9-10-18(12-21(15)23)25-24-13-16-5-4-7-19(11-16)26-14-17-6-2-3-8-20(17)22/h2-13,25H,14H2,1H3. The number of hydrazone groups is 1. The number of aryl methyl sites for hydroxylation is 1. The number of nitrogens with one attached hydrogen (secondary N) is 1. The molecule has 0 atom stereocenters. The van der Waals surface area contributed by atoms with E-state index in [4.69, 9.17) is 27.9 Å². The lowest BCUT2D eigenvalue weighted by Crippen LogP contribution is -1.97. The van der Waals surface area contributed by atoms with Crippen LogP contribution in [0, 0.1) is 6.92 Å². The predicted octanol–water partition coefficient (Wildman–Crippen LogP) is 6.33. The number of hydrogen-bond acceptors (Lipinski definition) is 3. The molecule has 0 aliphatic carbocycles. The van der Waals surface area contributed by atoms with E-state index in [1.54, 1.807) is 6.21 Å². The highest BCUT2D eigenvalue weighted by molar-refractivity contribution is 6.31. The minimum atomic E-state index is 0.417. The van der Waals surface area contributed by atoms with Crippen LogP contribution in [0.3, 0.4) is 0 Å². The Bertz CT molecular complexity index is 925. The minimum Gasteiger partial charge on any atom is -0.489 e. The Morgan fingerprint density at radius 1 is 0.962 bits per heavy atom. The average molecular weight is 385 g/mol. The van der Waals surface area contributed by atoms with Crippen LogP contribution in [0.15, 0.2) is 71.8 Å². The summed E-state index contributed by atoms with van der Waals surface area (Å²) in [5.74, 6) is 0.757. The lowest BCUT2D eigenvalue weighted by Gasteiger charge is -2.08. The lowest BCUT2D eigenvalue weighted by molar-refractivity contribution is 0.306. The van der Waals surface area contributed by atoms with Crippen LogP contribution in [0.2, 0.25) is 10.0 Å². The van der Waals surface area contributed by atoms with Crippen LogP contribution in [-0.4, -0.2) is 6.21 Å². The minimum absolute atomic E-state index is 0.417. The zero-order valence-electron chi connectivity index (χ0n) is 14.2. The maximum Gasteiger partial charge on any atom is 0.120 e. The first kappa shape index (κ1) is 18.3. The molecule has 5 heteroatoms. The summed E-state index contributed by atoms with van der Waals surface area (Å²) < 4.78 is 5.82. The van der Waals surface area contributed by atoms with Crippen LogP contribution in [0.5, 0.6) is 5.75 Å². The molecule has 26 heavy (non-hydrogen) atoms. The van der Waals surface area contributed by atoms with Crippen LogP contribution >= 0.6 is 23.2 Å². The number of rotatable bonds is 6. The van der Waals surface area contributed by atoms with Crippen molar-refractivity contribution in [2.75, 3.05) is 5.43 Å². The number of nitrogens with zero attached hydrogens (tertiary/aromatic N) is 1. The van der Waals surface area contributed by atoms with E-state index in [9.17, 15) is 0 Å². The van der Waals surface area contributed by atoms with Crippen LogP contribution < -0.4 is 10.2 Å². The third-order valence-corrected chi connectivity index (χ3v) is 4.57. The third-order valence-electron chi connectivity index (χ3n) is 3.79. The summed E-state index contributed by atoms with van der Waals surface area (Å²) in [4.78, 5) is 0. The van der Waals surface area contributed by atoms with E-state index in [0.29, 0.717) is 16.7 Å². The smallest absolute Gasteiger partial charge is 0.120 e. The second kappa shape index (κ2) is 8.75. The van der Waals surface area contributed by atoms with Gasteiger partial charge >= 0.3 is 0 Å². The van der Waals surface area contributed by atoms with E-state index in [1.165, 1.54) is 0 Å².